The van der Waals surface area contributed by atoms with Crippen molar-refractivity contribution >= 4 is 0 Å². The number of hydrogen-bond acceptors (Lipinski definition) is 7. The Morgan fingerprint density at radius 2 is 1.05 bits per heavy atom. The molecule has 19 heavy (non-hydrogen) atoms. The zero-order valence-corrected chi connectivity index (χ0v) is 10.1. The number of nitrogens with zero attached hydrogens (tertiary/aromatic N) is 4. The summed E-state index contributed by atoms with van der Waals surface area (Å²) in [7, 11) is 0. The van der Waals surface area contributed by atoms with Gasteiger partial charge in [-0.15, -0.1) is 0 Å². The van der Waals surface area contributed by atoms with Crippen LogP contribution in [0.25, 0.3) is 0 Å². The minimum atomic E-state index is 0.635. The predicted molar refractivity (Wildman–Crippen MR) is 62.5 cm³/mol. The molecule has 3 aromatic heterocycles. The Labute approximate surface area is 108 Å². The molecule has 7 heteroatoms. The largest absolute Gasteiger partial charge is 0.364 e. The van der Waals surface area contributed by atoms with Crippen molar-refractivity contribution in [1.29, 1.82) is 0 Å². The first-order valence-corrected chi connectivity index (χ1v) is 5.80. The molecule has 0 aliphatic heterocycles. The van der Waals surface area contributed by atoms with E-state index in [1.807, 2.05) is 18.2 Å². The quantitative estimate of drug-likeness (QED) is 0.668. The zero-order valence-electron chi connectivity index (χ0n) is 10.1. The van der Waals surface area contributed by atoms with Gasteiger partial charge in [-0.2, -0.15) is 0 Å². The van der Waals surface area contributed by atoms with E-state index in [0.717, 1.165) is 17.1 Å². The van der Waals surface area contributed by atoms with Crippen LogP contribution >= 0.6 is 0 Å². The molecule has 0 saturated heterocycles. The van der Waals surface area contributed by atoms with E-state index in [9.17, 15) is 0 Å². The van der Waals surface area contributed by atoms with Crippen LogP contribution < -0.4 is 0 Å². The normalized spacial score (nSPS) is 11.2. The van der Waals surface area contributed by atoms with Crippen LogP contribution in [0.1, 0.15) is 17.1 Å². The summed E-state index contributed by atoms with van der Waals surface area (Å²) in [5.41, 5.74) is 2.56. The monoisotopic (exact) mass is 260 g/mol. The molecule has 0 spiro atoms. The molecular weight excluding hydrogens is 248 g/mol. The SMILES string of the molecule is c1cc(CN(Cc2ccon2)Cc2ccon2)no1. The van der Waals surface area contributed by atoms with Crippen LogP contribution in [0.2, 0.25) is 0 Å². The Kier molecular flexibility index (Phi) is 3.37. The van der Waals surface area contributed by atoms with Crippen molar-refractivity contribution in [2.24, 2.45) is 0 Å². The maximum absolute atomic E-state index is 4.84. The van der Waals surface area contributed by atoms with Crippen LogP contribution in [-0.4, -0.2) is 20.4 Å². The van der Waals surface area contributed by atoms with Crippen LogP contribution in [0.15, 0.2) is 50.6 Å². The van der Waals surface area contributed by atoms with Crippen LogP contribution in [0.5, 0.6) is 0 Å². The number of aromatic nitrogens is 3. The second-order valence-corrected chi connectivity index (χ2v) is 4.12. The Morgan fingerprint density at radius 3 is 1.32 bits per heavy atom. The third-order valence-corrected chi connectivity index (χ3v) is 2.63. The van der Waals surface area contributed by atoms with Crippen molar-refractivity contribution in [2.75, 3.05) is 0 Å². The van der Waals surface area contributed by atoms with Gasteiger partial charge in [0.15, 0.2) is 0 Å². The zero-order chi connectivity index (χ0) is 12.9. The van der Waals surface area contributed by atoms with Gasteiger partial charge in [-0.05, 0) is 0 Å². The fraction of sp³-hybridized carbons (Fsp3) is 0.250. The molecule has 0 aliphatic rings. The molecule has 3 heterocycles. The summed E-state index contributed by atoms with van der Waals surface area (Å²) in [4.78, 5) is 2.12. The highest BCUT2D eigenvalue weighted by atomic mass is 16.5. The molecular formula is C12H12N4O3. The molecule has 0 N–H and O–H groups in total. The molecule has 0 saturated carbocycles. The highest BCUT2D eigenvalue weighted by Crippen LogP contribution is 2.11. The first-order valence-electron chi connectivity index (χ1n) is 5.80. The van der Waals surface area contributed by atoms with Crippen molar-refractivity contribution in [3.63, 3.8) is 0 Å². The summed E-state index contributed by atoms with van der Waals surface area (Å²) in [6.07, 6.45) is 4.67. The summed E-state index contributed by atoms with van der Waals surface area (Å²) in [6.45, 7) is 1.91. The van der Waals surface area contributed by atoms with Crippen molar-refractivity contribution in [1.82, 2.24) is 20.4 Å². The highest BCUT2D eigenvalue weighted by Gasteiger charge is 2.13. The van der Waals surface area contributed by atoms with E-state index in [0.29, 0.717) is 19.6 Å². The topological polar surface area (TPSA) is 81.3 Å². The smallest absolute Gasteiger partial charge is 0.124 e. The van der Waals surface area contributed by atoms with Gasteiger partial charge in [-0.1, -0.05) is 15.5 Å². The lowest BCUT2D eigenvalue weighted by molar-refractivity contribution is 0.225. The summed E-state index contributed by atoms with van der Waals surface area (Å²) < 4.78 is 14.5. The molecule has 0 atom stereocenters. The van der Waals surface area contributed by atoms with Gasteiger partial charge in [0, 0.05) is 37.8 Å². The molecule has 3 aromatic rings. The van der Waals surface area contributed by atoms with Crippen molar-refractivity contribution in [3.8, 4) is 0 Å². The lowest BCUT2D eigenvalue weighted by Crippen LogP contribution is -2.23. The second kappa shape index (κ2) is 5.49. The third-order valence-electron chi connectivity index (χ3n) is 2.63. The third kappa shape index (κ3) is 3.08. The summed E-state index contributed by atoms with van der Waals surface area (Å²) >= 11 is 0. The van der Waals surface area contributed by atoms with Crippen LogP contribution in [0.4, 0.5) is 0 Å². The molecule has 0 aromatic carbocycles. The molecule has 7 nitrogen and oxygen atoms in total. The van der Waals surface area contributed by atoms with Crippen LogP contribution in [-0.2, 0) is 19.6 Å². The average Bonchev–Trinajstić information content (AvgIpc) is 3.10. The van der Waals surface area contributed by atoms with Gasteiger partial charge in [0.25, 0.3) is 0 Å². The molecule has 3 rings (SSSR count). The van der Waals surface area contributed by atoms with Crippen molar-refractivity contribution < 1.29 is 13.6 Å². The van der Waals surface area contributed by atoms with Gasteiger partial charge < -0.3 is 13.6 Å². The lowest BCUT2D eigenvalue weighted by Gasteiger charge is -2.18. The fourth-order valence-electron chi connectivity index (χ4n) is 1.81. The van der Waals surface area contributed by atoms with Crippen LogP contribution in [0, 0.1) is 0 Å². The van der Waals surface area contributed by atoms with Crippen molar-refractivity contribution in [2.45, 2.75) is 19.6 Å². The molecule has 0 fully saturated rings. The molecule has 0 bridgehead atoms. The summed E-state index contributed by atoms with van der Waals surface area (Å²) in [5.74, 6) is 0. The Bertz CT molecular complexity index is 488. The van der Waals surface area contributed by atoms with Crippen molar-refractivity contribution in [3.05, 3.63) is 54.1 Å². The first-order chi connectivity index (χ1) is 9.40. The molecule has 98 valence electrons. The second-order valence-electron chi connectivity index (χ2n) is 4.12. The van der Waals surface area contributed by atoms with Gasteiger partial charge in [0.2, 0.25) is 0 Å². The fourth-order valence-corrected chi connectivity index (χ4v) is 1.81. The maximum atomic E-state index is 4.84. The first kappa shape index (κ1) is 11.7. The molecule has 0 radical (unpaired) electrons. The summed E-state index contributed by atoms with van der Waals surface area (Å²) in [5, 5.41) is 11.7. The van der Waals surface area contributed by atoms with Crippen LogP contribution in [0.3, 0.4) is 0 Å². The van der Waals surface area contributed by atoms with E-state index in [-0.39, 0.29) is 0 Å². The standard InChI is InChI=1S/C12H12N4O3/c1-4-17-13-10(1)7-16(8-11-2-5-18-14-11)9-12-3-6-19-15-12/h1-6H,7-9H2. The predicted octanol–water partition coefficient (Wildman–Crippen LogP) is 1.85. The molecule has 0 amide bonds. The van der Waals surface area contributed by atoms with Gasteiger partial charge in [-0.3, -0.25) is 4.90 Å². The van der Waals surface area contributed by atoms with Gasteiger partial charge in [0.05, 0.1) is 17.1 Å². The average molecular weight is 260 g/mol. The van der Waals surface area contributed by atoms with E-state index in [1.54, 1.807) is 18.8 Å². The van der Waals surface area contributed by atoms with Gasteiger partial charge >= 0.3 is 0 Å². The number of hydrogen-bond donors (Lipinski definition) is 0. The highest BCUT2D eigenvalue weighted by molar-refractivity contribution is 5.01. The minimum Gasteiger partial charge on any atom is -0.364 e. The van der Waals surface area contributed by atoms with E-state index in [1.165, 1.54) is 0 Å². The Morgan fingerprint density at radius 1 is 0.684 bits per heavy atom. The van der Waals surface area contributed by atoms with E-state index >= 15 is 0 Å². The van der Waals surface area contributed by atoms with Gasteiger partial charge in [-0.25, -0.2) is 0 Å². The maximum Gasteiger partial charge on any atom is 0.124 e. The number of rotatable bonds is 6. The lowest BCUT2D eigenvalue weighted by atomic mass is 10.3. The Balaban J connectivity index is 1.70. The van der Waals surface area contributed by atoms with E-state index in [4.69, 9.17) is 13.6 Å². The van der Waals surface area contributed by atoms with Gasteiger partial charge in [0.1, 0.15) is 18.8 Å². The van der Waals surface area contributed by atoms with E-state index < -0.39 is 0 Å². The molecule has 0 unspecified atom stereocenters. The summed E-state index contributed by atoms with van der Waals surface area (Å²) in [6, 6.07) is 5.50. The Hall–Kier alpha value is -2.41. The molecule has 0 aliphatic carbocycles. The van der Waals surface area contributed by atoms with E-state index in [2.05, 4.69) is 20.4 Å². The minimum absolute atomic E-state index is 0.635.